The molecule has 0 radical (unpaired) electrons. The molecule has 2 rings (SSSR count). The number of carbonyl (C=O) groups is 2. The van der Waals surface area contributed by atoms with E-state index in [1.165, 1.54) is 11.8 Å². The Hall–Kier alpha value is -2.01. The van der Waals surface area contributed by atoms with Crippen LogP contribution >= 0.6 is 11.8 Å². The van der Waals surface area contributed by atoms with E-state index in [0.717, 1.165) is 16.3 Å². The minimum atomic E-state index is -0.352. The lowest BCUT2D eigenvalue weighted by molar-refractivity contribution is -0.121. The maximum absolute atomic E-state index is 12.0. The first-order chi connectivity index (χ1) is 10.6. The standard InChI is InChI=1S/C17H20N2O2S/c1-12(19-17(21)9-10-22-11-16(18)20)14-8-4-6-13-5-2-3-7-15(13)14/h2-8,12H,9-11H2,1H3,(H2,18,20)(H,19,21). The number of hydrogen-bond donors (Lipinski definition) is 2. The molecule has 4 nitrogen and oxygen atoms in total. The van der Waals surface area contributed by atoms with Crippen molar-refractivity contribution in [2.45, 2.75) is 19.4 Å². The van der Waals surface area contributed by atoms with Crippen molar-refractivity contribution in [2.24, 2.45) is 5.73 Å². The van der Waals surface area contributed by atoms with Gasteiger partial charge in [0.2, 0.25) is 11.8 Å². The zero-order valence-corrected chi connectivity index (χ0v) is 13.4. The van der Waals surface area contributed by atoms with Crippen LogP contribution in [0.2, 0.25) is 0 Å². The molecule has 1 unspecified atom stereocenters. The molecule has 2 amide bonds. The van der Waals surface area contributed by atoms with Gasteiger partial charge in [0.25, 0.3) is 0 Å². The minimum Gasteiger partial charge on any atom is -0.369 e. The third kappa shape index (κ3) is 4.49. The highest BCUT2D eigenvalue weighted by atomic mass is 32.2. The van der Waals surface area contributed by atoms with E-state index >= 15 is 0 Å². The number of primary amides is 1. The molecule has 3 N–H and O–H groups in total. The van der Waals surface area contributed by atoms with E-state index in [2.05, 4.69) is 23.5 Å². The van der Waals surface area contributed by atoms with Crippen molar-refractivity contribution in [3.63, 3.8) is 0 Å². The van der Waals surface area contributed by atoms with Crippen LogP contribution in [-0.4, -0.2) is 23.3 Å². The quantitative estimate of drug-likeness (QED) is 0.771. The molecule has 0 aliphatic heterocycles. The van der Waals surface area contributed by atoms with Crippen molar-refractivity contribution in [3.8, 4) is 0 Å². The van der Waals surface area contributed by atoms with E-state index < -0.39 is 0 Å². The summed E-state index contributed by atoms with van der Waals surface area (Å²) in [6.45, 7) is 1.98. The molecule has 0 fully saturated rings. The first-order valence-corrected chi connectivity index (χ1v) is 8.36. The Morgan fingerprint density at radius 2 is 1.91 bits per heavy atom. The van der Waals surface area contributed by atoms with Crippen molar-refractivity contribution in [1.29, 1.82) is 0 Å². The van der Waals surface area contributed by atoms with Gasteiger partial charge < -0.3 is 11.1 Å². The molecule has 0 bridgehead atoms. The lowest BCUT2D eigenvalue weighted by Crippen LogP contribution is -2.27. The number of nitrogens with two attached hydrogens (primary N) is 1. The van der Waals surface area contributed by atoms with Crippen LogP contribution in [0.15, 0.2) is 42.5 Å². The number of benzene rings is 2. The number of fused-ring (bicyclic) bond motifs is 1. The smallest absolute Gasteiger partial charge is 0.227 e. The number of rotatable bonds is 7. The maximum atomic E-state index is 12.0. The Morgan fingerprint density at radius 3 is 2.68 bits per heavy atom. The van der Waals surface area contributed by atoms with Gasteiger partial charge in [-0.1, -0.05) is 42.5 Å². The summed E-state index contributed by atoms with van der Waals surface area (Å²) in [5.74, 6) is 0.482. The van der Waals surface area contributed by atoms with Gasteiger partial charge in [-0.25, -0.2) is 0 Å². The van der Waals surface area contributed by atoms with Crippen molar-refractivity contribution >= 4 is 34.3 Å². The second kappa shape index (κ2) is 7.84. The number of amides is 2. The van der Waals surface area contributed by atoms with Gasteiger partial charge in [0, 0.05) is 12.2 Å². The molecule has 2 aromatic rings. The average molecular weight is 316 g/mol. The lowest BCUT2D eigenvalue weighted by atomic mass is 9.99. The van der Waals surface area contributed by atoms with Crippen LogP contribution in [0.5, 0.6) is 0 Å². The number of thioether (sulfide) groups is 1. The van der Waals surface area contributed by atoms with E-state index in [-0.39, 0.29) is 23.6 Å². The molecule has 0 aromatic heterocycles. The molecular weight excluding hydrogens is 296 g/mol. The molecule has 0 aliphatic rings. The molecule has 22 heavy (non-hydrogen) atoms. The van der Waals surface area contributed by atoms with Gasteiger partial charge in [0.15, 0.2) is 0 Å². The number of hydrogen-bond acceptors (Lipinski definition) is 3. The molecule has 1 atom stereocenters. The van der Waals surface area contributed by atoms with Crippen LogP contribution in [0.1, 0.15) is 24.9 Å². The summed E-state index contributed by atoms with van der Waals surface area (Å²) in [6.07, 6.45) is 0.382. The lowest BCUT2D eigenvalue weighted by Gasteiger charge is -2.16. The summed E-state index contributed by atoms with van der Waals surface area (Å²) in [5.41, 5.74) is 6.17. The highest BCUT2D eigenvalue weighted by Crippen LogP contribution is 2.24. The van der Waals surface area contributed by atoms with Crippen molar-refractivity contribution in [1.82, 2.24) is 5.32 Å². The largest absolute Gasteiger partial charge is 0.369 e. The fourth-order valence-electron chi connectivity index (χ4n) is 2.36. The highest BCUT2D eigenvalue weighted by Gasteiger charge is 2.12. The Kier molecular flexibility index (Phi) is 5.83. The first-order valence-electron chi connectivity index (χ1n) is 7.21. The topological polar surface area (TPSA) is 72.2 Å². The molecular formula is C17H20N2O2S. The van der Waals surface area contributed by atoms with E-state index in [0.29, 0.717) is 12.2 Å². The molecule has 0 saturated carbocycles. The van der Waals surface area contributed by atoms with E-state index in [1.54, 1.807) is 0 Å². The van der Waals surface area contributed by atoms with Crippen LogP contribution in [0.3, 0.4) is 0 Å². The maximum Gasteiger partial charge on any atom is 0.227 e. The third-order valence-corrected chi connectivity index (χ3v) is 4.37. The predicted octanol–water partition coefficient (Wildman–Crippen LogP) is 2.63. The molecule has 0 aliphatic carbocycles. The second-order valence-corrected chi connectivity index (χ2v) is 6.23. The molecule has 0 heterocycles. The molecule has 0 saturated heterocycles. The van der Waals surface area contributed by atoms with Crippen LogP contribution in [0.4, 0.5) is 0 Å². The Labute approximate surface area is 134 Å². The van der Waals surface area contributed by atoms with Crippen molar-refractivity contribution < 1.29 is 9.59 Å². The number of carbonyl (C=O) groups excluding carboxylic acids is 2. The first kappa shape index (κ1) is 16.4. The Morgan fingerprint density at radius 1 is 1.18 bits per heavy atom. The van der Waals surface area contributed by atoms with Gasteiger partial charge in [0.05, 0.1) is 11.8 Å². The van der Waals surface area contributed by atoms with Crippen molar-refractivity contribution in [3.05, 3.63) is 48.0 Å². The van der Waals surface area contributed by atoms with Crippen LogP contribution < -0.4 is 11.1 Å². The predicted molar refractivity (Wildman–Crippen MR) is 91.6 cm³/mol. The summed E-state index contributed by atoms with van der Waals surface area (Å²) in [6, 6.07) is 14.2. The third-order valence-electron chi connectivity index (χ3n) is 3.39. The molecule has 116 valence electrons. The normalized spacial score (nSPS) is 12.0. The van der Waals surface area contributed by atoms with Gasteiger partial charge >= 0.3 is 0 Å². The minimum absolute atomic E-state index is 0.0163. The summed E-state index contributed by atoms with van der Waals surface area (Å²) >= 11 is 1.38. The molecule has 0 spiro atoms. The Bertz CT molecular complexity index is 667. The fourth-order valence-corrected chi connectivity index (χ4v) is 3.03. The van der Waals surface area contributed by atoms with Gasteiger partial charge in [-0.05, 0) is 23.3 Å². The van der Waals surface area contributed by atoms with Crippen LogP contribution in [-0.2, 0) is 9.59 Å². The van der Waals surface area contributed by atoms with Gasteiger partial charge in [0.1, 0.15) is 0 Å². The van der Waals surface area contributed by atoms with E-state index in [4.69, 9.17) is 5.73 Å². The summed E-state index contributed by atoms with van der Waals surface area (Å²) in [4.78, 5) is 22.6. The van der Waals surface area contributed by atoms with Crippen LogP contribution in [0, 0.1) is 0 Å². The SMILES string of the molecule is CC(NC(=O)CCSCC(N)=O)c1cccc2ccccc12. The summed E-state index contributed by atoms with van der Waals surface area (Å²) in [7, 11) is 0. The highest BCUT2D eigenvalue weighted by molar-refractivity contribution is 7.99. The fraction of sp³-hybridized carbons (Fsp3) is 0.294. The molecule has 5 heteroatoms. The monoisotopic (exact) mass is 316 g/mol. The van der Waals surface area contributed by atoms with E-state index in [1.807, 2.05) is 31.2 Å². The summed E-state index contributed by atoms with van der Waals surface area (Å²) in [5, 5.41) is 5.33. The summed E-state index contributed by atoms with van der Waals surface area (Å²) < 4.78 is 0. The average Bonchev–Trinajstić information content (AvgIpc) is 2.50. The zero-order chi connectivity index (χ0) is 15.9. The van der Waals surface area contributed by atoms with Crippen molar-refractivity contribution in [2.75, 3.05) is 11.5 Å². The van der Waals surface area contributed by atoms with Gasteiger partial charge in [-0.15, -0.1) is 0 Å². The van der Waals surface area contributed by atoms with Crippen LogP contribution in [0.25, 0.3) is 10.8 Å². The van der Waals surface area contributed by atoms with Gasteiger partial charge in [-0.3, -0.25) is 9.59 Å². The molecule has 2 aromatic carbocycles. The van der Waals surface area contributed by atoms with Gasteiger partial charge in [-0.2, -0.15) is 11.8 Å². The second-order valence-electron chi connectivity index (χ2n) is 5.13. The van der Waals surface area contributed by atoms with E-state index in [9.17, 15) is 9.59 Å². The number of nitrogens with one attached hydrogen (secondary N) is 1. The Balaban J connectivity index is 1.95. The zero-order valence-electron chi connectivity index (χ0n) is 12.5.